The lowest BCUT2D eigenvalue weighted by molar-refractivity contribution is 0.373. The maximum atomic E-state index is 10.4. The first kappa shape index (κ1) is 14.4. The van der Waals surface area contributed by atoms with Crippen LogP contribution in [-0.2, 0) is 13.0 Å². The standard InChI is InChI=1S/C18H23ClN2O/c19-16-9-14(7-12-3-5-20-6-4-12)8-15-11-21(10-13-1-2-13)18(22)17(15)16/h8-9,11-13,20,22H,1-7,10H2. The van der Waals surface area contributed by atoms with Crippen LogP contribution in [0.2, 0.25) is 5.02 Å². The molecule has 1 saturated carbocycles. The second-order valence-electron chi connectivity index (χ2n) is 6.99. The van der Waals surface area contributed by atoms with Gasteiger partial charge in [-0.1, -0.05) is 11.6 Å². The molecule has 0 unspecified atom stereocenters. The Bertz CT molecular complexity index is 684. The van der Waals surface area contributed by atoms with Crippen molar-refractivity contribution in [2.45, 2.75) is 38.6 Å². The molecule has 2 aliphatic rings. The average Bonchev–Trinajstić information content (AvgIpc) is 3.25. The Hall–Kier alpha value is -1.19. The number of benzene rings is 1. The number of aromatic nitrogens is 1. The fourth-order valence-corrected chi connectivity index (χ4v) is 3.99. The molecule has 0 spiro atoms. The molecule has 2 aromatic rings. The summed E-state index contributed by atoms with van der Waals surface area (Å²) in [6.07, 6.45) is 8.20. The highest BCUT2D eigenvalue weighted by molar-refractivity contribution is 6.36. The summed E-state index contributed by atoms with van der Waals surface area (Å²) in [5, 5.41) is 16.4. The molecule has 22 heavy (non-hydrogen) atoms. The van der Waals surface area contributed by atoms with E-state index in [1.807, 2.05) is 10.6 Å². The number of piperidine rings is 1. The normalized spacial score (nSPS) is 19.9. The first-order valence-corrected chi connectivity index (χ1v) is 8.79. The molecule has 0 amide bonds. The van der Waals surface area contributed by atoms with Gasteiger partial charge in [0.05, 0.1) is 10.4 Å². The zero-order valence-electron chi connectivity index (χ0n) is 12.8. The summed E-state index contributed by atoms with van der Waals surface area (Å²) in [5.74, 6) is 1.82. The van der Waals surface area contributed by atoms with Crippen LogP contribution >= 0.6 is 11.6 Å². The van der Waals surface area contributed by atoms with Crippen LogP contribution in [0.15, 0.2) is 18.3 Å². The van der Waals surface area contributed by atoms with Gasteiger partial charge in [-0.25, -0.2) is 0 Å². The number of hydrogen-bond donors (Lipinski definition) is 2. The molecule has 0 radical (unpaired) electrons. The fraction of sp³-hybridized carbons (Fsp3) is 0.556. The Morgan fingerprint density at radius 2 is 1.91 bits per heavy atom. The van der Waals surface area contributed by atoms with Gasteiger partial charge in [0.1, 0.15) is 0 Å². The Labute approximate surface area is 136 Å². The number of rotatable bonds is 4. The van der Waals surface area contributed by atoms with Crippen molar-refractivity contribution >= 4 is 22.4 Å². The van der Waals surface area contributed by atoms with Crippen molar-refractivity contribution in [1.29, 1.82) is 0 Å². The topological polar surface area (TPSA) is 37.2 Å². The van der Waals surface area contributed by atoms with E-state index in [1.54, 1.807) is 0 Å². The summed E-state index contributed by atoms with van der Waals surface area (Å²) >= 11 is 6.46. The van der Waals surface area contributed by atoms with Gasteiger partial charge in [0.15, 0.2) is 0 Å². The third kappa shape index (κ3) is 2.84. The van der Waals surface area contributed by atoms with Crippen LogP contribution in [0.25, 0.3) is 10.8 Å². The number of nitrogens with zero attached hydrogens (tertiary/aromatic N) is 1. The van der Waals surface area contributed by atoms with E-state index < -0.39 is 0 Å². The maximum absolute atomic E-state index is 10.4. The van der Waals surface area contributed by atoms with Crippen molar-refractivity contribution in [2.75, 3.05) is 13.1 Å². The SMILES string of the molecule is Oc1c2c(Cl)cc(CC3CCNCC3)cc2cn1CC1CC1. The van der Waals surface area contributed by atoms with Gasteiger partial charge in [-0.15, -0.1) is 0 Å². The predicted molar refractivity (Wildman–Crippen MR) is 90.6 cm³/mol. The van der Waals surface area contributed by atoms with E-state index in [0.717, 1.165) is 48.7 Å². The Morgan fingerprint density at radius 3 is 2.64 bits per heavy atom. The largest absolute Gasteiger partial charge is 0.494 e. The quantitative estimate of drug-likeness (QED) is 0.895. The van der Waals surface area contributed by atoms with Crippen LogP contribution in [-0.4, -0.2) is 22.8 Å². The van der Waals surface area contributed by atoms with E-state index in [0.29, 0.717) is 10.9 Å². The van der Waals surface area contributed by atoms with Gasteiger partial charge in [-0.2, -0.15) is 0 Å². The molecule has 3 nitrogen and oxygen atoms in total. The molecule has 4 rings (SSSR count). The van der Waals surface area contributed by atoms with Gasteiger partial charge >= 0.3 is 0 Å². The van der Waals surface area contributed by atoms with Crippen molar-refractivity contribution in [2.24, 2.45) is 11.8 Å². The third-order valence-electron chi connectivity index (χ3n) is 5.11. The molecule has 2 heterocycles. The second kappa shape index (κ2) is 5.78. The van der Waals surface area contributed by atoms with E-state index in [1.165, 1.54) is 31.2 Å². The predicted octanol–water partition coefficient (Wildman–Crippen LogP) is 3.95. The first-order valence-electron chi connectivity index (χ1n) is 8.41. The van der Waals surface area contributed by atoms with Gasteiger partial charge in [-0.3, -0.25) is 0 Å². The summed E-state index contributed by atoms with van der Waals surface area (Å²) < 4.78 is 1.97. The molecule has 1 aliphatic heterocycles. The fourth-order valence-electron chi connectivity index (χ4n) is 3.65. The molecule has 4 heteroatoms. The Morgan fingerprint density at radius 1 is 1.14 bits per heavy atom. The van der Waals surface area contributed by atoms with Crippen LogP contribution in [0.3, 0.4) is 0 Å². The Kier molecular flexibility index (Phi) is 3.79. The minimum Gasteiger partial charge on any atom is -0.494 e. The van der Waals surface area contributed by atoms with Crippen molar-refractivity contribution < 1.29 is 5.11 Å². The van der Waals surface area contributed by atoms with Crippen molar-refractivity contribution in [3.8, 4) is 5.88 Å². The minimum atomic E-state index is 0.334. The van der Waals surface area contributed by atoms with Gasteiger partial charge in [0.25, 0.3) is 0 Å². The van der Waals surface area contributed by atoms with Crippen LogP contribution in [0.1, 0.15) is 31.2 Å². The van der Waals surface area contributed by atoms with Crippen LogP contribution in [0.5, 0.6) is 5.88 Å². The van der Waals surface area contributed by atoms with Crippen LogP contribution in [0.4, 0.5) is 0 Å². The lowest BCUT2D eigenvalue weighted by atomic mass is 9.90. The highest BCUT2D eigenvalue weighted by Gasteiger charge is 2.24. The highest BCUT2D eigenvalue weighted by Crippen LogP contribution is 2.38. The molecule has 2 fully saturated rings. The number of fused-ring (bicyclic) bond motifs is 1. The van der Waals surface area contributed by atoms with Gasteiger partial charge < -0.3 is 15.0 Å². The lowest BCUT2D eigenvalue weighted by Crippen LogP contribution is -2.28. The smallest absolute Gasteiger partial charge is 0.200 e. The number of aromatic hydroxyl groups is 1. The minimum absolute atomic E-state index is 0.334. The van der Waals surface area contributed by atoms with Gasteiger partial charge in [-0.05, 0) is 74.7 Å². The number of halogens is 1. The summed E-state index contributed by atoms with van der Waals surface area (Å²) in [6.45, 7) is 3.17. The number of nitrogens with one attached hydrogen (secondary N) is 1. The van der Waals surface area contributed by atoms with E-state index in [-0.39, 0.29) is 0 Å². The number of hydrogen-bond acceptors (Lipinski definition) is 2. The van der Waals surface area contributed by atoms with E-state index in [2.05, 4.69) is 17.6 Å². The highest BCUT2D eigenvalue weighted by atomic mass is 35.5. The second-order valence-corrected chi connectivity index (χ2v) is 7.40. The molecular formula is C18H23ClN2O. The average molecular weight is 319 g/mol. The van der Waals surface area contributed by atoms with Crippen LogP contribution in [0, 0.1) is 11.8 Å². The molecule has 1 aromatic carbocycles. The molecule has 0 bridgehead atoms. The van der Waals surface area contributed by atoms with Crippen molar-refractivity contribution in [3.63, 3.8) is 0 Å². The molecule has 118 valence electrons. The first-order chi connectivity index (χ1) is 10.7. The zero-order valence-corrected chi connectivity index (χ0v) is 13.6. The van der Waals surface area contributed by atoms with Gasteiger partial charge in [0, 0.05) is 18.1 Å². The maximum Gasteiger partial charge on any atom is 0.200 e. The van der Waals surface area contributed by atoms with Crippen molar-refractivity contribution in [1.82, 2.24) is 9.88 Å². The third-order valence-corrected chi connectivity index (χ3v) is 5.40. The molecule has 1 aromatic heterocycles. The monoisotopic (exact) mass is 318 g/mol. The Balaban J connectivity index is 1.63. The summed E-state index contributed by atoms with van der Waals surface area (Å²) in [7, 11) is 0. The van der Waals surface area contributed by atoms with Crippen molar-refractivity contribution in [3.05, 3.63) is 28.9 Å². The van der Waals surface area contributed by atoms with E-state index in [9.17, 15) is 5.11 Å². The molecule has 1 aliphatic carbocycles. The molecule has 0 atom stereocenters. The van der Waals surface area contributed by atoms with Crippen LogP contribution < -0.4 is 5.32 Å². The molecule has 2 N–H and O–H groups in total. The molecular weight excluding hydrogens is 296 g/mol. The van der Waals surface area contributed by atoms with Gasteiger partial charge in [0.2, 0.25) is 5.88 Å². The summed E-state index contributed by atoms with van der Waals surface area (Å²) in [5.41, 5.74) is 1.30. The van der Waals surface area contributed by atoms with E-state index >= 15 is 0 Å². The summed E-state index contributed by atoms with van der Waals surface area (Å²) in [4.78, 5) is 0. The lowest BCUT2D eigenvalue weighted by Gasteiger charge is -2.22. The van der Waals surface area contributed by atoms with E-state index in [4.69, 9.17) is 11.6 Å². The summed E-state index contributed by atoms with van der Waals surface area (Å²) in [6, 6.07) is 4.26. The zero-order chi connectivity index (χ0) is 15.1. The molecule has 1 saturated heterocycles.